The minimum Gasteiger partial charge on any atom is -0.493 e. The second kappa shape index (κ2) is 10.8. The molecule has 1 N–H and O–H groups in total. The molecule has 0 aliphatic heterocycles. The SMILES string of the molecule is CC[C@@H](C)Oc1c(Cl)cc(/C=N/NC(=O)COc2ccccc2Cl)cc1OC. The van der Waals surface area contributed by atoms with E-state index in [2.05, 4.69) is 10.5 Å². The number of methoxy groups -OCH3 is 1. The normalized spacial score (nSPS) is 11.9. The molecule has 2 aromatic rings. The van der Waals surface area contributed by atoms with E-state index in [4.69, 9.17) is 37.4 Å². The van der Waals surface area contributed by atoms with Crippen LogP contribution >= 0.6 is 23.2 Å². The van der Waals surface area contributed by atoms with Gasteiger partial charge in [0, 0.05) is 0 Å². The molecule has 0 saturated carbocycles. The molecule has 2 rings (SSSR count). The molecule has 0 unspecified atom stereocenters. The molecule has 0 aliphatic rings. The van der Waals surface area contributed by atoms with Crippen molar-refractivity contribution >= 4 is 35.3 Å². The highest BCUT2D eigenvalue weighted by Crippen LogP contribution is 2.37. The summed E-state index contributed by atoms with van der Waals surface area (Å²) in [5, 5.41) is 4.74. The number of carbonyl (C=O) groups excluding carboxylic acids is 1. The third kappa shape index (κ3) is 6.32. The Kier molecular flexibility index (Phi) is 8.42. The molecule has 0 aromatic heterocycles. The predicted molar refractivity (Wildman–Crippen MR) is 111 cm³/mol. The van der Waals surface area contributed by atoms with Crippen LogP contribution in [0.5, 0.6) is 17.2 Å². The van der Waals surface area contributed by atoms with E-state index in [0.717, 1.165) is 6.42 Å². The van der Waals surface area contributed by atoms with Crippen LogP contribution < -0.4 is 19.6 Å². The van der Waals surface area contributed by atoms with Gasteiger partial charge in [-0.2, -0.15) is 5.10 Å². The first-order chi connectivity index (χ1) is 13.4. The van der Waals surface area contributed by atoms with Gasteiger partial charge in [0.2, 0.25) is 0 Å². The molecule has 1 atom stereocenters. The van der Waals surface area contributed by atoms with E-state index in [1.165, 1.54) is 13.3 Å². The van der Waals surface area contributed by atoms with E-state index < -0.39 is 5.91 Å². The Morgan fingerprint density at radius 2 is 1.96 bits per heavy atom. The zero-order chi connectivity index (χ0) is 20.5. The zero-order valence-corrected chi connectivity index (χ0v) is 17.4. The lowest BCUT2D eigenvalue weighted by Crippen LogP contribution is -2.24. The number of nitrogens with one attached hydrogen (secondary N) is 1. The van der Waals surface area contributed by atoms with Gasteiger partial charge in [-0.05, 0) is 43.2 Å². The van der Waals surface area contributed by atoms with Gasteiger partial charge in [0.1, 0.15) is 5.75 Å². The molecule has 0 heterocycles. The van der Waals surface area contributed by atoms with Gasteiger partial charge in [0.15, 0.2) is 18.1 Å². The summed E-state index contributed by atoms with van der Waals surface area (Å²) in [7, 11) is 1.53. The number of amides is 1. The Bertz CT molecular complexity index is 843. The third-order valence-electron chi connectivity index (χ3n) is 3.74. The average molecular weight is 425 g/mol. The van der Waals surface area contributed by atoms with Crippen molar-refractivity contribution in [1.82, 2.24) is 5.43 Å². The van der Waals surface area contributed by atoms with E-state index in [-0.39, 0.29) is 12.7 Å². The molecular weight excluding hydrogens is 403 g/mol. The van der Waals surface area contributed by atoms with Crippen LogP contribution in [-0.2, 0) is 4.79 Å². The molecule has 1 amide bonds. The van der Waals surface area contributed by atoms with Crippen molar-refractivity contribution < 1.29 is 19.0 Å². The van der Waals surface area contributed by atoms with Gasteiger partial charge >= 0.3 is 0 Å². The lowest BCUT2D eigenvalue weighted by Gasteiger charge is -2.17. The minimum absolute atomic E-state index is 0.00308. The van der Waals surface area contributed by atoms with Crippen LogP contribution in [0.15, 0.2) is 41.5 Å². The summed E-state index contributed by atoms with van der Waals surface area (Å²) in [6.45, 7) is 3.75. The molecule has 2 aromatic carbocycles. The molecule has 6 nitrogen and oxygen atoms in total. The summed E-state index contributed by atoms with van der Waals surface area (Å²) >= 11 is 12.3. The van der Waals surface area contributed by atoms with Crippen LogP contribution in [0.1, 0.15) is 25.8 Å². The monoisotopic (exact) mass is 424 g/mol. The highest BCUT2D eigenvalue weighted by Gasteiger charge is 2.14. The Hall–Kier alpha value is -2.44. The summed E-state index contributed by atoms with van der Waals surface area (Å²) in [4.78, 5) is 11.9. The van der Waals surface area contributed by atoms with Crippen LogP contribution in [-0.4, -0.2) is 31.9 Å². The van der Waals surface area contributed by atoms with Crippen LogP contribution in [0.2, 0.25) is 10.0 Å². The van der Waals surface area contributed by atoms with Crippen molar-refractivity contribution in [3.8, 4) is 17.2 Å². The van der Waals surface area contributed by atoms with Crippen LogP contribution in [0.3, 0.4) is 0 Å². The second-order valence-corrected chi connectivity index (χ2v) is 6.70. The summed E-state index contributed by atoms with van der Waals surface area (Å²) < 4.78 is 16.5. The number of carbonyl (C=O) groups is 1. The maximum Gasteiger partial charge on any atom is 0.277 e. The van der Waals surface area contributed by atoms with Crippen molar-refractivity contribution in [1.29, 1.82) is 0 Å². The number of rotatable bonds is 9. The molecule has 0 radical (unpaired) electrons. The number of hydrogen-bond acceptors (Lipinski definition) is 5. The zero-order valence-electron chi connectivity index (χ0n) is 15.9. The Morgan fingerprint density at radius 3 is 2.64 bits per heavy atom. The maximum absolute atomic E-state index is 11.9. The molecule has 0 aliphatic carbocycles. The van der Waals surface area contributed by atoms with Crippen LogP contribution in [0.25, 0.3) is 0 Å². The van der Waals surface area contributed by atoms with Crippen molar-refractivity contribution in [2.45, 2.75) is 26.4 Å². The minimum atomic E-state index is -0.425. The number of para-hydroxylation sites is 1. The highest BCUT2D eigenvalue weighted by molar-refractivity contribution is 6.32. The standard InChI is InChI=1S/C20H22Cl2N2O4/c1-4-13(2)28-20-16(22)9-14(10-18(20)26-3)11-23-24-19(25)12-27-17-8-6-5-7-15(17)21/h5-11,13H,4,12H2,1-3H3,(H,24,25)/b23-11+/t13-/m1/s1. The van der Waals surface area contributed by atoms with Gasteiger partial charge in [0.25, 0.3) is 5.91 Å². The molecular formula is C20H22Cl2N2O4. The molecule has 150 valence electrons. The smallest absolute Gasteiger partial charge is 0.277 e. The molecule has 0 saturated heterocycles. The number of nitrogens with zero attached hydrogens (tertiary/aromatic N) is 1. The topological polar surface area (TPSA) is 69.2 Å². The van der Waals surface area contributed by atoms with Crippen molar-refractivity contribution in [3.63, 3.8) is 0 Å². The summed E-state index contributed by atoms with van der Waals surface area (Å²) in [5.74, 6) is 0.970. The Morgan fingerprint density at radius 1 is 1.21 bits per heavy atom. The number of ether oxygens (including phenoxy) is 3. The lowest BCUT2D eigenvalue weighted by molar-refractivity contribution is -0.123. The van der Waals surface area contributed by atoms with Crippen LogP contribution in [0, 0.1) is 0 Å². The fourth-order valence-corrected chi connectivity index (χ4v) is 2.58. The fourth-order valence-electron chi connectivity index (χ4n) is 2.13. The number of halogens is 2. The lowest BCUT2D eigenvalue weighted by atomic mass is 10.2. The molecule has 0 fully saturated rings. The van der Waals surface area contributed by atoms with Gasteiger partial charge in [-0.3, -0.25) is 4.79 Å². The molecule has 0 spiro atoms. The predicted octanol–water partition coefficient (Wildman–Crippen LogP) is 4.71. The highest BCUT2D eigenvalue weighted by atomic mass is 35.5. The fraction of sp³-hybridized carbons (Fsp3) is 0.300. The molecule has 0 bridgehead atoms. The van der Waals surface area contributed by atoms with Gasteiger partial charge in [-0.15, -0.1) is 0 Å². The van der Waals surface area contributed by atoms with E-state index >= 15 is 0 Å². The van der Waals surface area contributed by atoms with E-state index in [1.807, 2.05) is 13.8 Å². The maximum atomic E-state index is 11.9. The first-order valence-electron chi connectivity index (χ1n) is 8.68. The van der Waals surface area contributed by atoms with E-state index in [1.54, 1.807) is 36.4 Å². The van der Waals surface area contributed by atoms with Crippen molar-refractivity contribution in [2.75, 3.05) is 13.7 Å². The van der Waals surface area contributed by atoms with E-state index in [0.29, 0.717) is 32.9 Å². The third-order valence-corrected chi connectivity index (χ3v) is 4.34. The van der Waals surface area contributed by atoms with Gasteiger partial charge in [-0.1, -0.05) is 42.3 Å². The number of hydrogen-bond donors (Lipinski definition) is 1. The van der Waals surface area contributed by atoms with Gasteiger partial charge in [0.05, 0.1) is 29.5 Å². The largest absolute Gasteiger partial charge is 0.493 e. The average Bonchev–Trinajstić information content (AvgIpc) is 2.68. The number of hydrazone groups is 1. The van der Waals surface area contributed by atoms with Gasteiger partial charge in [-0.25, -0.2) is 5.43 Å². The van der Waals surface area contributed by atoms with Crippen molar-refractivity contribution in [2.24, 2.45) is 5.10 Å². The molecule has 8 heteroatoms. The molecule has 28 heavy (non-hydrogen) atoms. The summed E-state index contributed by atoms with van der Waals surface area (Å²) in [5.41, 5.74) is 3.03. The van der Waals surface area contributed by atoms with E-state index in [9.17, 15) is 4.79 Å². The quantitative estimate of drug-likeness (QED) is 0.467. The Balaban J connectivity index is 1.97. The second-order valence-electron chi connectivity index (χ2n) is 5.88. The Labute approximate surface area is 174 Å². The van der Waals surface area contributed by atoms with Crippen molar-refractivity contribution in [3.05, 3.63) is 52.0 Å². The summed E-state index contributed by atoms with van der Waals surface area (Å²) in [6.07, 6.45) is 2.29. The first kappa shape index (κ1) is 21.9. The van der Waals surface area contributed by atoms with Gasteiger partial charge < -0.3 is 14.2 Å². The summed E-state index contributed by atoms with van der Waals surface area (Å²) in [6, 6.07) is 10.3. The van der Waals surface area contributed by atoms with Crippen LogP contribution in [0.4, 0.5) is 0 Å². The first-order valence-corrected chi connectivity index (χ1v) is 9.43. The number of benzene rings is 2.